The Morgan fingerprint density at radius 3 is 2.40 bits per heavy atom. The third kappa shape index (κ3) is 4.53. The number of hydrogen-bond donors (Lipinski definition) is 1. The first-order chi connectivity index (χ1) is 11.8. The van der Waals surface area contributed by atoms with Crippen LogP contribution in [0.3, 0.4) is 0 Å². The lowest BCUT2D eigenvalue weighted by atomic mass is 10.0. The molecule has 0 saturated heterocycles. The molecular weight excluding hydrogens is 318 g/mol. The summed E-state index contributed by atoms with van der Waals surface area (Å²) in [5.74, 6) is -1.09. The molecule has 2 aromatic rings. The van der Waals surface area contributed by atoms with Crippen LogP contribution in [0.1, 0.15) is 45.7 Å². The fourth-order valence-corrected chi connectivity index (χ4v) is 2.31. The molecule has 2 rings (SSSR count). The van der Waals surface area contributed by atoms with E-state index >= 15 is 0 Å². The van der Waals surface area contributed by atoms with Crippen LogP contribution < -0.4 is 5.32 Å². The van der Waals surface area contributed by atoms with Gasteiger partial charge in [0.1, 0.15) is 0 Å². The first-order valence-corrected chi connectivity index (χ1v) is 7.98. The highest BCUT2D eigenvalue weighted by Crippen LogP contribution is 2.16. The number of ether oxygens (including phenoxy) is 1. The van der Waals surface area contributed by atoms with Crippen molar-refractivity contribution in [2.45, 2.75) is 33.8 Å². The Kier molecular flexibility index (Phi) is 5.70. The summed E-state index contributed by atoms with van der Waals surface area (Å²) in [6, 6.07) is 12.0. The van der Waals surface area contributed by atoms with Crippen molar-refractivity contribution >= 4 is 23.3 Å². The van der Waals surface area contributed by atoms with Crippen LogP contribution in [0.5, 0.6) is 0 Å². The van der Waals surface area contributed by atoms with Gasteiger partial charge >= 0.3 is 5.97 Å². The van der Waals surface area contributed by atoms with Gasteiger partial charge in [0.05, 0.1) is 5.56 Å². The van der Waals surface area contributed by atoms with E-state index in [1.807, 2.05) is 19.9 Å². The lowest BCUT2D eigenvalue weighted by molar-refractivity contribution is -0.123. The topological polar surface area (TPSA) is 72.5 Å². The highest BCUT2D eigenvalue weighted by molar-refractivity contribution is 5.99. The normalized spacial score (nSPS) is 11.5. The van der Waals surface area contributed by atoms with E-state index in [2.05, 4.69) is 5.32 Å². The minimum Gasteiger partial charge on any atom is -0.449 e. The third-order valence-electron chi connectivity index (χ3n) is 4.01. The second-order valence-corrected chi connectivity index (χ2v) is 5.92. The van der Waals surface area contributed by atoms with Crippen LogP contribution in [0.4, 0.5) is 5.69 Å². The van der Waals surface area contributed by atoms with E-state index in [0.717, 1.165) is 11.1 Å². The van der Waals surface area contributed by atoms with E-state index < -0.39 is 18.0 Å². The molecule has 5 heteroatoms. The van der Waals surface area contributed by atoms with Crippen molar-refractivity contribution < 1.29 is 19.1 Å². The number of rotatable bonds is 5. The average molecular weight is 339 g/mol. The van der Waals surface area contributed by atoms with E-state index in [9.17, 15) is 14.4 Å². The largest absolute Gasteiger partial charge is 0.449 e. The van der Waals surface area contributed by atoms with E-state index in [-0.39, 0.29) is 5.78 Å². The van der Waals surface area contributed by atoms with Gasteiger partial charge in [-0.3, -0.25) is 9.59 Å². The lowest BCUT2D eigenvalue weighted by Crippen LogP contribution is -2.30. The third-order valence-corrected chi connectivity index (χ3v) is 4.01. The van der Waals surface area contributed by atoms with Crippen molar-refractivity contribution in [2.24, 2.45) is 0 Å². The summed E-state index contributed by atoms with van der Waals surface area (Å²) < 4.78 is 5.27. The van der Waals surface area contributed by atoms with Crippen molar-refractivity contribution in [1.82, 2.24) is 0 Å². The Balaban J connectivity index is 2.05. The predicted octanol–water partition coefficient (Wildman–Crippen LogP) is 3.69. The molecule has 5 nitrogen and oxygen atoms in total. The van der Waals surface area contributed by atoms with Gasteiger partial charge in [-0.15, -0.1) is 0 Å². The molecule has 1 amide bonds. The zero-order valence-corrected chi connectivity index (χ0v) is 14.8. The van der Waals surface area contributed by atoms with Crippen LogP contribution in [-0.2, 0) is 9.53 Å². The fraction of sp³-hybridized carbons (Fsp3) is 0.250. The van der Waals surface area contributed by atoms with Crippen LogP contribution in [0, 0.1) is 13.8 Å². The molecule has 0 saturated carbocycles. The molecule has 130 valence electrons. The maximum Gasteiger partial charge on any atom is 0.339 e. The SMILES string of the molecule is CC(=O)c1cccc(NC(=O)C(C)OC(=O)c2cccc(C)c2C)c1. The fourth-order valence-electron chi connectivity index (χ4n) is 2.31. The van der Waals surface area contributed by atoms with E-state index in [4.69, 9.17) is 4.74 Å². The molecule has 0 aliphatic rings. The number of carbonyl (C=O) groups excluding carboxylic acids is 3. The van der Waals surface area contributed by atoms with Crippen LogP contribution in [0.25, 0.3) is 0 Å². The molecule has 25 heavy (non-hydrogen) atoms. The summed E-state index contributed by atoms with van der Waals surface area (Å²) in [7, 11) is 0. The number of carbonyl (C=O) groups is 3. The summed E-state index contributed by atoms with van der Waals surface area (Å²) in [4.78, 5) is 35.9. The van der Waals surface area contributed by atoms with Gasteiger partial charge in [0, 0.05) is 11.3 Å². The second-order valence-electron chi connectivity index (χ2n) is 5.92. The number of hydrogen-bond acceptors (Lipinski definition) is 4. The summed E-state index contributed by atoms with van der Waals surface area (Å²) >= 11 is 0. The molecule has 0 radical (unpaired) electrons. The van der Waals surface area contributed by atoms with Gasteiger partial charge in [-0.1, -0.05) is 24.3 Å². The predicted molar refractivity (Wildman–Crippen MR) is 95.9 cm³/mol. The number of amides is 1. The lowest BCUT2D eigenvalue weighted by Gasteiger charge is -2.15. The molecule has 1 atom stereocenters. The summed E-state index contributed by atoms with van der Waals surface area (Å²) in [6.45, 7) is 6.71. The molecule has 0 bridgehead atoms. The number of aryl methyl sites for hydroxylation is 1. The van der Waals surface area contributed by atoms with Gasteiger partial charge in [0.15, 0.2) is 11.9 Å². The van der Waals surface area contributed by atoms with Gasteiger partial charge < -0.3 is 10.1 Å². The zero-order valence-electron chi connectivity index (χ0n) is 14.8. The van der Waals surface area contributed by atoms with Crippen LogP contribution in [0.15, 0.2) is 42.5 Å². The Morgan fingerprint density at radius 1 is 1.04 bits per heavy atom. The monoisotopic (exact) mass is 339 g/mol. The van der Waals surface area contributed by atoms with Crippen molar-refractivity contribution in [1.29, 1.82) is 0 Å². The standard InChI is InChI=1S/C20H21NO4/c1-12-7-5-10-18(13(12)2)20(24)25-15(4)19(23)21-17-9-6-8-16(11-17)14(3)22/h5-11,15H,1-4H3,(H,21,23). The minimum atomic E-state index is -0.964. The van der Waals surface area contributed by atoms with Crippen LogP contribution in [0.2, 0.25) is 0 Å². The molecule has 0 heterocycles. The van der Waals surface area contributed by atoms with Gasteiger partial charge in [0.2, 0.25) is 0 Å². The molecule has 0 fully saturated rings. The zero-order chi connectivity index (χ0) is 18.6. The summed E-state index contributed by atoms with van der Waals surface area (Å²) in [5.41, 5.74) is 3.23. The van der Waals surface area contributed by atoms with Gasteiger partial charge in [-0.05, 0) is 57.0 Å². The first kappa shape index (κ1) is 18.4. The number of nitrogens with one attached hydrogen (secondary N) is 1. The molecule has 0 spiro atoms. The number of esters is 1. The van der Waals surface area contributed by atoms with Crippen LogP contribution >= 0.6 is 0 Å². The maximum atomic E-state index is 12.3. The highest BCUT2D eigenvalue weighted by Gasteiger charge is 2.20. The molecule has 1 unspecified atom stereocenters. The molecule has 1 N–H and O–H groups in total. The number of anilines is 1. The Hall–Kier alpha value is -2.95. The second kappa shape index (κ2) is 7.75. The van der Waals surface area contributed by atoms with E-state index in [0.29, 0.717) is 16.8 Å². The Bertz CT molecular complexity index is 826. The molecule has 2 aromatic carbocycles. The highest BCUT2D eigenvalue weighted by atomic mass is 16.5. The smallest absolute Gasteiger partial charge is 0.339 e. The van der Waals surface area contributed by atoms with E-state index in [1.165, 1.54) is 13.8 Å². The molecule has 0 aliphatic heterocycles. The average Bonchev–Trinajstić information content (AvgIpc) is 2.57. The number of ketones is 1. The van der Waals surface area contributed by atoms with Gasteiger partial charge in [-0.2, -0.15) is 0 Å². The Labute approximate surface area is 147 Å². The van der Waals surface area contributed by atoms with Crippen LogP contribution in [-0.4, -0.2) is 23.8 Å². The van der Waals surface area contributed by atoms with Gasteiger partial charge in [-0.25, -0.2) is 4.79 Å². The summed E-state index contributed by atoms with van der Waals surface area (Å²) in [6.07, 6.45) is -0.964. The number of benzene rings is 2. The first-order valence-electron chi connectivity index (χ1n) is 7.98. The molecule has 0 aromatic heterocycles. The summed E-state index contributed by atoms with van der Waals surface area (Å²) in [5, 5.41) is 2.65. The van der Waals surface area contributed by atoms with Crippen molar-refractivity contribution in [3.63, 3.8) is 0 Å². The minimum absolute atomic E-state index is 0.0921. The molecular formula is C20H21NO4. The maximum absolute atomic E-state index is 12.3. The van der Waals surface area contributed by atoms with Crippen molar-refractivity contribution in [3.8, 4) is 0 Å². The van der Waals surface area contributed by atoms with E-state index in [1.54, 1.807) is 36.4 Å². The van der Waals surface area contributed by atoms with Crippen molar-refractivity contribution in [3.05, 3.63) is 64.7 Å². The Morgan fingerprint density at radius 2 is 1.72 bits per heavy atom. The number of Topliss-reactive ketones (excluding diaryl/α,β-unsaturated/α-hetero) is 1. The quantitative estimate of drug-likeness (QED) is 0.666. The molecule has 0 aliphatic carbocycles. The van der Waals surface area contributed by atoms with Crippen molar-refractivity contribution in [2.75, 3.05) is 5.32 Å². The van der Waals surface area contributed by atoms with Gasteiger partial charge in [0.25, 0.3) is 5.91 Å².